The quantitative estimate of drug-likeness (QED) is 0.439. The van der Waals surface area contributed by atoms with Gasteiger partial charge in [-0.25, -0.2) is 0 Å². The van der Waals surface area contributed by atoms with Gasteiger partial charge in [0.05, 0.1) is 24.0 Å². The van der Waals surface area contributed by atoms with E-state index >= 15 is 0 Å². The minimum Gasteiger partial charge on any atom is -0.495 e. The molecule has 1 fully saturated rings. The summed E-state index contributed by atoms with van der Waals surface area (Å²) in [5.41, 5.74) is 0.410. The molecule has 0 unspecified atom stereocenters. The normalized spacial score (nSPS) is 20.7. The topological polar surface area (TPSA) is 102 Å². The number of hydrogen-bond acceptors (Lipinski definition) is 6. The van der Waals surface area contributed by atoms with Gasteiger partial charge in [0, 0.05) is 5.69 Å². The van der Waals surface area contributed by atoms with Gasteiger partial charge in [0.1, 0.15) is 12.3 Å². The lowest BCUT2D eigenvalue weighted by molar-refractivity contribution is -0.154. The second-order valence-electron chi connectivity index (χ2n) is 6.48. The van der Waals surface area contributed by atoms with Crippen LogP contribution in [0.4, 0.5) is 5.69 Å². The number of hydrogen-bond donors (Lipinski definition) is 1. The first-order valence-corrected chi connectivity index (χ1v) is 9.07. The van der Waals surface area contributed by atoms with E-state index in [1.165, 1.54) is 13.2 Å². The highest BCUT2D eigenvalue weighted by atomic mass is 35.5. The first-order chi connectivity index (χ1) is 13.4. The van der Waals surface area contributed by atoms with E-state index in [-0.39, 0.29) is 11.8 Å². The lowest BCUT2D eigenvalue weighted by atomic mass is 9.85. The third-order valence-corrected chi connectivity index (χ3v) is 4.98. The Labute approximate surface area is 166 Å². The second-order valence-corrected chi connectivity index (χ2v) is 6.88. The van der Waals surface area contributed by atoms with E-state index in [0.29, 0.717) is 29.3 Å². The molecule has 1 saturated heterocycles. The number of rotatable bonds is 6. The zero-order valence-electron chi connectivity index (χ0n) is 15.1. The maximum absolute atomic E-state index is 12.3. The van der Waals surface area contributed by atoms with E-state index in [0.717, 1.165) is 4.90 Å². The second kappa shape index (κ2) is 8.43. The van der Waals surface area contributed by atoms with E-state index in [1.54, 1.807) is 12.1 Å². The van der Waals surface area contributed by atoms with E-state index in [2.05, 4.69) is 5.32 Å². The molecule has 1 N–H and O–H groups in total. The number of anilines is 1. The molecule has 0 spiro atoms. The fourth-order valence-corrected chi connectivity index (χ4v) is 3.54. The van der Waals surface area contributed by atoms with Crippen molar-refractivity contribution in [1.82, 2.24) is 4.90 Å². The molecule has 9 heteroatoms. The van der Waals surface area contributed by atoms with Crippen LogP contribution in [0.5, 0.6) is 5.75 Å². The summed E-state index contributed by atoms with van der Waals surface area (Å²) in [7, 11) is 1.47. The van der Waals surface area contributed by atoms with Crippen molar-refractivity contribution in [3.8, 4) is 5.75 Å². The molecule has 2 aliphatic rings. The molecule has 28 heavy (non-hydrogen) atoms. The number of carbonyl (C=O) groups is 4. The van der Waals surface area contributed by atoms with E-state index in [4.69, 9.17) is 21.1 Å². The van der Waals surface area contributed by atoms with Gasteiger partial charge in [0.2, 0.25) is 11.8 Å². The van der Waals surface area contributed by atoms with Gasteiger partial charge in [0.25, 0.3) is 5.91 Å². The summed E-state index contributed by atoms with van der Waals surface area (Å²) < 4.78 is 9.91. The van der Waals surface area contributed by atoms with Crippen LogP contribution in [0.2, 0.25) is 5.02 Å². The predicted octanol–water partition coefficient (Wildman–Crippen LogP) is 1.78. The summed E-state index contributed by atoms with van der Waals surface area (Å²) in [4.78, 5) is 49.5. The van der Waals surface area contributed by atoms with Crippen molar-refractivity contribution in [3.63, 3.8) is 0 Å². The number of esters is 1. The van der Waals surface area contributed by atoms with Crippen LogP contribution in [0.1, 0.15) is 12.8 Å². The molecule has 0 radical (unpaired) electrons. The number of fused-ring (bicyclic) bond motifs is 1. The van der Waals surface area contributed by atoms with Crippen LogP contribution in [-0.2, 0) is 23.9 Å². The number of likely N-dealkylation sites (tertiary alicyclic amines) is 1. The fourth-order valence-electron chi connectivity index (χ4n) is 3.29. The number of methoxy groups -OCH3 is 1. The van der Waals surface area contributed by atoms with Crippen LogP contribution in [0, 0.1) is 11.8 Å². The van der Waals surface area contributed by atoms with Gasteiger partial charge in [-0.3, -0.25) is 24.1 Å². The van der Waals surface area contributed by atoms with E-state index in [9.17, 15) is 19.2 Å². The third kappa shape index (κ3) is 4.17. The number of benzene rings is 1. The maximum Gasteiger partial charge on any atom is 0.326 e. The molecule has 148 valence electrons. The van der Waals surface area contributed by atoms with Crippen LogP contribution >= 0.6 is 11.6 Å². The molecular formula is C19H19ClN2O6. The number of nitrogens with one attached hydrogen (secondary N) is 1. The van der Waals surface area contributed by atoms with Crippen LogP contribution in [-0.4, -0.2) is 48.9 Å². The lowest BCUT2D eigenvalue weighted by Gasteiger charge is -2.14. The Kier molecular flexibility index (Phi) is 5.99. The van der Waals surface area contributed by atoms with Gasteiger partial charge in [0.15, 0.2) is 6.61 Å². The van der Waals surface area contributed by atoms with Crippen LogP contribution in [0.15, 0.2) is 30.4 Å². The Bertz CT molecular complexity index is 827. The van der Waals surface area contributed by atoms with Gasteiger partial charge < -0.3 is 14.8 Å². The number of amides is 3. The van der Waals surface area contributed by atoms with Crippen molar-refractivity contribution < 1.29 is 28.7 Å². The van der Waals surface area contributed by atoms with Gasteiger partial charge in [-0.15, -0.1) is 0 Å². The molecule has 2 atom stereocenters. The van der Waals surface area contributed by atoms with Crippen molar-refractivity contribution in [2.75, 3.05) is 25.6 Å². The van der Waals surface area contributed by atoms with Gasteiger partial charge in [-0.2, -0.15) is 0 Å². The molecular weight excluding hydrogens is 388 g/mol. The Hall–Kier alpha value is -2.87. The fraction of sp³-hybridized carbons (Fsp3) is 0.368. The SMILES string of the molecule is COc1ccc(NC(=O)COC(=O)CN2C(=O)[C@H]3CC=CC[C@@H]3C2=O)cc1Cl. The first-order valence-electron chi connectivity index (χ1n) is 8.70. The molecule has 0 bridgehead atoms. The number of halogens is 1. The van der Waals surface area contributed by atoms with Crippen molar-refractivity contribution >= 4 is 41.0 Å². The van der Waals surface area contributed by atoms with Crippen molar-refractivity contribution in [2.24, 2.45) is 11.8 Å². The standard InChI is InChI=1S/C19H19ClN2O6/c1-27-15-7-6-11(8-14(15)20)21-16(23)10-28-17(24)9-22-18(25)12-4-2-3-5-13(12)19(22)26/h2-3,6-8,12-13H,4-5,9-10H2,1H3,(H,21,23)/t12-,13-/m0/s1. The molecule has 8 nitrogen and oxygen atoms in total. The Morgan fingerprint density at radius 1 is 1.18 bits per heavy atom. The number of ether oxygens (including phenoxy) is 2. The summed E-state index contributed by atoms with van der Waals surface area (Å²) >= 11 is 5.98. The third-order valence-electron chi connectivity index (χ3n) is 4.69. The summed E-state index contributed by atoms with van der Waals surface area (Å²) in [5, 5.41) is 2.85. The summed E-state index contributed by atoms with van der Waals surface area (Å²) in [6.45, 7) is -1.04. The van der Waals surface area contributed by atoms with Gasteiger partial charge >= 0.3 is 5.97 Å². The number of nitrogens with zero attached hydrogens (tertiary/aromatic N) is 1. The molecule has 1 aromatic carbocycles. The largest absolute Gasteiger partial charge is 0.495 e. The monoisotopic (exact) mass is 406 g/mol. The summed E-state index contributed by atoms with van der Waals surface area (Å²) in [5.74, 6) is -2.49. The average Bonchev–Trinajstić information content (AvgIpc) is 2.92. The first kappa shape index (κ1) is 19.9. The summed E-state index contributed by atoms with van der Waals surface area (Å²) in [6.07, 6.45) is 4.72. The Morgan fingerprint density at radius 3 is 2.39 bits per heavy atom. The number of carbonyl (C=O) groups excluding carboxylic acids is 4. The molecule has 1 heterocycles. The average molecular weight is 407 g/mol. The summed E-state index contributed by atoms with van der Waals surface area (Å²) in [6, 6.07) is 4.67. The molecule has 1 aromatic rings. The van der Waals surface area contributed by atoms with E-state index < -0.39 is 36.9 Å². The van der Waals surface area contributed by atoms with Crippen molar-refractivity contribution in [2.45, 2.75) is 12.8 Å². The van der Waals surface area contributed by atoms with Crippen LogP contribution < -0.4 is 10.1 Å². The van der Waals surface area contributed by atoms with Crippen LogP contribution in [0.3, 0.4) is 0 Å². The number of imide groups is 1. The number of allylic oxidation sites excluding steroid dienone is 2. The minimum atomic E-state index is -0.823. The highest BCUT2D eigenvalue weighted by Crippen LogP contribution is 2.34. The maximum atomic E-state index is 12.3. The Balaban J connectivity index is 1.49. The van der Waals surface area contributed by atoms with E-state index in [1.807, 2.05) is 12.2 Å². The predicted molar refractivity (Wildman–Crippen MR) is 99.7 cm³/mol. The molecule has 0 saturated carbocycles. The minimum absolute atomic E-state index is 0.319. The van der Waals surface area contributed by atoms with Crippen molar-refractivity contribution in [3.05, 3.63) is 35.4 Å². The lowest BCUT2D eigenvalue weighted by Crippen LogP contribution is -2.37. The van der Waals surface area contributed by atoms with Crippen molar-refractivity contribution in [1.29, 1.82) is 0 Å². The Morgan fingerprint density at radius 2 is 1.82 bits per heavy atom. The molecule has 3 rings (SSSR count). The highest BCUT2D eigenvalue weighted by Gasteiger charge is 2.47. The zero-order chi connectivity index (χ0) is 20.3. The molecule has 1 aliphatic heterocycles. The van der Waals surface area contributed by atoms with Crippen LogP contribution in [0.25, 0.3) is 0 Å². The smallest absolute Gasteiger partial charge is 0.326 e. The molecule has 1 aliphatic carbocycles. The van der Waals surface area contributed by atoms with Gasteiger partial charge in [-0.05, 0) is 31.0 Å². The molecule has 3 amide bonds. The zero-order valence-corrected chi connectivity index (χ0v) is 15.9. The van der Waals surface area contributed by atoms with Gasteiger partial charge in [-0.1, -0.05) is 23.8 Å². The molecule has 0 aromatic heterocycles. The highest BCUT2D eigenvalue weighted by molar-refractivity contribution is 6.32.